The summed E-state index contributed by atoms with van der Waals surface area (Å²) in [4.78, 5) is 20.8. The number of hydrogen-bond donors (Lipinski definition) is 0. The van der Waals surface area contributed by atoms with Crippen LogP contribution in [0, 0.1) is 0 Å². The maximum atomic E-state index is 12.0. The summed E-state index contributed by atoms with van der Waals surface area (Å²) in [5.41, 5.74) is 1.84. The smallest absolute Gasteiger partial charge is 0.359 e. The number of carbonyl (C=O) groups excluding carboxylic acids is 1. The van der Waals surface area contributed by atoms with Crippen molar-refractivity contribution in [1.82, 2.24) is 9.55 Å². The Labute approximate surface area is 119 Å². The van der Waals surface area contributed by atoms with Gasteiger partial charge in [0.05, 0.1) is 0 Å². The zero-order valence-corrected chi connectivity index (χ0v) is 12.7. The summed E-state index contributed by atoms with van der Waals surface area (Å²) in [6.07, 6.45) is 5.52. The van der Waals surface area contributed by atoms with Crippen molar-refractivity contribution < 1.29 is 9.53 Å². The van der Waals surface area contributed by atoms with Crippen LogP contribution in [0.25, 0.3) is 5.70 Å². The van der Waals surface area contributed by atoms with E-state index in [1.807, 2.05) is 45.5 Å². The van der Waals surface area contributed by atoms with Gasteiger partial charge in [-0.2, -0.15) is 0 Å². The van der Waals surface area contributed by atoms with Gasteiger partial charge in [0.1, 0.15) is 11.3 Å². The largest absolute Gasteiger partial charge is 0.455 e. The number of hydrogen-bond acceptors (Lipinski definition) is 4. The molecule has 0 saturated carbocycles. The van der Waals surface area contributed by atoms with Crippen LogP contribution < -0.4 is 0 Å². The van der Waals surface area contributed by atoms with E-state index in [1.54, 1.807) is 6.20 Å². The molecule has 0 aliphatic carbocycles. The number of nitrogens with zero attached hydrogens (tertiary/aromatic N) is 3. The predicted octanol–water partition coefficient (Wildman–Crippen LogP) is 2.97. The minimum atomic E-state index is -0.521. The van der Waals surface area contributed by atoms with Gasteiger partial charge in [0.25, 0.3) is 0 Å². The normalized spacial score (nSPS) is 15.7. The Balaban J connectivity index is 2.31. The van der Waals surface area contributed by atoms with Crippen molar-refractivity contribution in [3.8, 4) is 0 Å². The monoisotopic (exact) mass is 275 g/mol. The number of ether oxygens (including phenoxy) is 1. The van der Waals surface area contributed by atoms with E-state index in [0.717, 1.165) is 18.5 Å². The third-order valence-corrected chi connectivity index (χ3v) is 2.97. The third kappa shape index (κ3) is 3.15. The predicted molar refractivity (Wildman–Crippen MR) is 78.7 cm³/mol. The van der Waals surface area contributed by atoms with Crippen LogP contribution in [0.1, 0.15) is 56.8 Å². The Morgan fingerprint density at radius 3 is 2.70 bits per heavy atom. The minimum Gasteiger partial charge on any atom is -0.455 e. The van der Waals surface area contributed by atoms with Gasteiger partial charge in [-0.05, 0) is 46.1 Å². The molecule has 2 heterocycles. The van der Waals surface area contributed by atoms with Crippen molar-refractivity contribution in [1.29, 1.82) is 0 Å². The van der Waals surface area contributed by atoms with Crippen LogP contribution in [0.4, 0.5) is 0 Å². The van der Waals surface area contributed by atoms with Crippen LogP contribution in [0.2, 0.25) is 0 Å². The van der Waals surface area contributed by atoms with Crippen molar-refractivity contribution in [3.05, 3.63) is 23.3 Å². The van der Waals surface area contributed by atoms with Gasteiger partial charge in [0, 0.05) is 19.5 Å². The van der Waals surface area contributed by atoms with Gasteiger partial charge in [0.15, 0.2) is 11.5 Å². The first-order valence-corrected chi connectivity index (χ1v) is 6.77. The zero-order valence-electron chi connectivity index (χ0n) is 12.7. The van der Waals surface area contributed by atoms with E-state index in [4.69, 9.17) is 4.74 Å². The molecule has 0 fully saturated rings. The lowest BCUT2D eigenvalue weighted by molar-refractivity contribution is 0.00633. The molecule has 1 aromatic rings. The molecule has 5 nitrogen and oxygen atoms in total. The molecule has 0 bridgehead atoms. The number of carbonyl (C=O) groups is 1. The molecule has 0 saturated heterocycles. The van der Waals surface area contributed by atoms with Crippen LogP contribution in [-0.4, -0.2) is 27.3 Å². The van der Waals surface area contributed by atoms with Gasteiger partial charge in [-0.3, -0.25) is 4.99 Å². The topological polar surface area (TPSA) is 56.5 Å². The summed E-state index contributed by atoms with van der Waals surface area (Å²) in [6, 6.07) is 0. The highest BCUT2D eigenvalue weighted by Crippen LogP contribution is 2.25. The molecule has 1 aliphatic rings. The molecule has 1 aliphatic heterocycles. The van der Waals surface area contributed by atoms with Crippen molar-refractivity contribution in [2.75, 3.05) is 0 Å². The fourth-order valence-corrected chi connectivity index (χ4v) is 2.03. The Morgan fingerprint density at radius 1 is 1.40 bits per heavy atom. The van der Waals surface area contributed by atoms with Gasteiger partial charge in [-0.1, -0.05) is 0 Å². The van der Waals surface area contributed by atoms with Crippen molar-refractivity contribution in [2.45, 2.75) is 46.1 Å². The Hall–Kier alpha value is -1.91. The van der Waals surface area contributed by atoms with Gasteiger partial charge < -0.3 is 9.30 Å². The summed E-state index contributed by atoms with van der Waals surface area (Å²) >= 11 is 0. The minimum absolute atomic E-state index is 0.318. The number of rotatable bonds is 2. The first-order valence-electron chi connectivity index (χ1n) is 6.77. The molecule has 0 N–H and O–H groups in total. The average molecular weight is 275 g/mol. The highest BCUT2D eigenvalue weighted by atomic mass is 16.6. The summed E-state index contributed by atoms with van der Waals surface area (Å²) in [5, 5.41) is 0. The van der Waals surface area contributed by atoms with Crippen LogP contribution >= 0.6 is 0 Å². The number of aromatic nitrogens is 2. The SMILES string of the molecule is CC1=C(c2nc(C(=O)OC(C)(C)C)cn2C)N=CCC1. The lowest BCUT2D eigenvalue weighted by Gasteiger charge is -2.18. The number of aliphatic imine (C=N–C) groups is 1. The van der Waals surface area contributed by atoms with Crippen LogP contribution in [0.3, 0.4) is 0 Å². The fourth-order valence-electron chi connectivity index (χ4n) is 2.03. The molecular formula is C15H21N3O2. The van der Waals surface area contributed by atoms with Gasteiger partial charge in [-0.25, -0.2) is 9.78 Å². The van der Waals surface area contributed by atoms with E-state index in [9.17, 15) is 4.79 Å². The van der Waals surface area contributed by atoms with E-state index in [0.29, 0.717) is 11.5 Å². The molecule has 0 atom stereocenters. The molecule has 0 unspecified atom stereocenters. The molecule has 0 spiro atoms. The highest BCUT2D eigenvalue weighted by molar-refractivity contribution is 5.88. The average Bonchev–Trinajstić information content (AvgIpc) is 2.70. The summed E-state index contributed by atoms with van der Waals surface area (Å²) < 4.78 is 7.16. The van der Waals surface area contributed by atoms with Gasteiger partial charge in [0.2, 0.25) is 0 Å². The summed E-state index contributed by atoms with van der Waals surface area (Å²) in [7, 11) is 1.86. The fraction of sp³-hybridized carbons (Fsp3) is 0.533. The highest BCUT2D eigenvalue weighted by Gasteiger charge is 2.22. The van der Waals surface area contributed by atoms with E-state index in [-0.39, 0.29) is 0 Å². The maximum Gasteiger partial charge on any atom is 0.359 e. The lowest BCUT2D eigenvalue weighted by Crippen LogP contribution is -2.24. The number of allylic oxidation sites excluding steroid dienone is 1. The second-order valence-corrected chi connectivity index (χ2v) is 6.04. The van der Waals surface area contributed by atoms with E-state index >= 15 is 0 Å². The molecule has 1 aromatic heterocycles. The first-order chi connectivity index (χ1) is 9.28. The van der Waals surface area contributed by atoms with Crippen molar-refractivity contribution >= 4 is 17.9 Å². The van der Waals surface area contributed by atoms with Crippen molar-refractivity contribution in [2.24, 2.45) is 12.0 Å². The van der Waals surface area contributed by atoms with Crippen LogP contribution in [0.5, 0.6) is 0 Å². The molecule has 0 aromatic carbocycles. The number of esters is 1. The van der Waals surface area contributed by atoms with Crippen LogP contribution in [0.15, 0.2) is 16.8 Å². The van der Waals surface area contributed by atoms with Crippen molar-refractivity contribution in [3.63, 3.8) is 0 Å². The third-order valence-electron chi connectivity index (χ3n) is 2.97. The summed E-state index contributed by atoms with van der Waals surface area (Å²) in [5.74, 6) is 0.303. The van der Waals surface area contributed by atoms with E-state index < -0.39 is 11.6 Å². The van der Waals surface area contributed by atoms with Gasteiger partial charge in [-0.15, -0.1) is 0 Å². The second-order valence-electron chi connectivity index (χ2n) is 6.04. The molecule has 20 heavy (non-hydrogen) atoms. The molecule has 5 heteroatoms. The Kier molecular flexibility index (Phi) is 3.79. The van der Waals surface area contributed by atoms with E-state index in [2.05, 4.69) is 9.98 Å². The van der Waals surface area contributed by atoms with Crippen LogP contribution in [-0.2, 0) is 11.8 Å². The zero-order chi connectivity index (χ0) is 14.9. The lowest BCUT2D eigenvalue weighted by atomic mass is 10.1. The molecular weight excluding hydrogens is 254 g/mol. The molecule has 108 valence electrons. The quantitative estimate of drug-likeness (QED) is 0.780. The second kappa shape index (κ2) is 5.23. The Morgan fingerprint density at radius 2 is 2.10 bits per heavy atom. The number of imidazole rings is 1. The first kappa shape index (κ1) is 14.5. The summed E-state index contributed by atoms with van der Waals surface area (Å²) in [6.45, 7) is 7.57. The molecule has 0 radical (unpaired) electrons. The molecule has 2 rings (SSSR count). The molecule has 0 amide bonds. The maximum absolute atomic E-state index is 12.0. The number of aryl methyl sites for hydroxylation is 1. The van der Waals surface area contributed by atoms with Gasteiger partial charge >= 0.3 is 5.97 Å². The van der Waals surface area contributed by atoms with E-state index in [1.165, 1.54) is 5.57 Å². The standard InChI is InChI=1S/C15H21N3O2/c1-10-7-6-8-16-12(10)13-17-11(9-18(13)5)14(19)20-15(2,3)4/h8-9H,6-7H2,1-5H3. The Bertz CT molecular complexity index is 589.